The molecule has 6 nitrogen and oxygen atoms in total. The highest BCUT2D eigenvalue weighted by molar-refractivity contribution is 6.36. The maximum Gasteiger partial charge on any atom is 0.261 e. The van der Waals surface area contributed by atoms with Gasteiger partial charge in [0.05, 0.1) is 0 Å². The zero-order chi connectivity index (χ0) is 40.6. The van der Waals surface area contributed by atoms with E-state index < -0.39 is 0 Å². The van der Waals surface area contributed by atoms with Gasteiger partial charge in [0.1, 0.15) is 0 Å². The van der Waals surface area contributed by atoms with Gasteiger partial charge in [0.15, 0.2) is 0 Å². The van der Waals surface area contributed by atoms with E-state index in [9.17, 15) is 19.2 Å². The predicted octanol–water partition coefficient (Wildman–Crippen LogP) is 12.9. The first-order valence-electron chi connectivity index (χ1n) is 21.7. The molecular formula is C52H54N2O4. The van der Waals surface area contributed by atoms with Crippen LogP contribution in [0.5, 0.6) is 0 Å². The molecule has 9 rings (SSSR count). The topological polar surface area (TPSA) is 74.8 Å². The number of imide groups is 2. The van der Waals surface area contributed by atoms with Crippen molar-refractivity contribution in [3.63, 3.8) is 0 Å². The lowest BCUT2D eigenvalue weighted by atomic mass is 9.84. The molecule has 7 aromatic rings. The smallest absolute Gasteiger partial charge is 0.261 e. The molecule has 2 aliphatic rings. The van der Waals surface area contributed by atoms with Gasteiger partial charge < -0.3 is 0 Å². The van der Waals surface area contributed by atoms with Gasteiger partial charge in [-0.3, -0.25) is 29.0 Å². The third-order valence-electron chi connectivity index (χ3n) is 13.4. The van der Waals surface area contributed by atoms with Crippen LogP contribution in [-0.2, 0) is 0 Å². The number of hydrogen-bond acceptors (Lipinski definition) is 4. The molecule has 2 aliphatic heterocycles. The van der Waals surface area contributed by atoms with Crippen LogP contribution in [0.25, 0.3) is 64.6 Å². The molecule has 0 bridgehead atoms. The van der Waals surface area contributed by atoms with Crippen molar-refractivity contribution in [1.29, 1.82) is 0 Å². The Morgan fingerprint density at radius 1 is 0.379 bits per heavy atom. The van der Waals surface area contributed by atoms with E-state index in [1.807, 2.05) is 36.4 Å². The SMILES string of the molecule is CC(C)CCCC(C)CCN1C(=O)c2ccc3cc4cc5c(cc6ccc7c8c(ccc5c68)C(=O)N(CCC(C)CCCC(C)C)C7=O)cc4c4ccc(c2c34)C1=O. The van der Waals surface area contributed by atoms with Crippen LogP contribution in [0.15, 0.2) is 72.8 Å². The van der Waals surface area contributed by atoms with Gasteiger partial charge in [0, 0.05) is 46.1 Å². The minimum Gasteiger partial charge on any atom is -0.274 e. The van der Waals surface area contributed by atoms with E-state index in [1.165, 1.54) is 22.6 Å². The van der Waals surface area contributed by atoms with Gasteiger partial charge in [-0.2, -0.15) is 0 Å². The highest BCUT2D eigenvalue weighted by Crippen LogP contribution is 2.44. The monoisotopic (exact) mass is 770 g/mol. The summed E-state index contributed by atoms with van der Waals surface area (Å²) in [4.78, 5) is 58.9. The normalized spacial score (nSPS) is 15.7. The van der Waals surface area contributed by atoms with Crippen LogP contribution >= 0.6 is 0 Å². The minimum atomic E-state index is -0.205. The third-order valence-corrected chi connectivity index (χ3v) is 13.4. The molecule has 0 aliphatic carbocycles. The fraction of sp³-hybridized carbons (Fsp3) is 0.385. The summed E-state index contributed by atoms with van der Waals surface area (Å²) in [7, 11) is 0. The standard InChI is InChI=1S/C52H54N2O4/c1-29(2)9-7-11-31(5)21-23-53-49(55)39-15-13-33-25-35-28-44-36(27-43(35)37-17-19-41(51(53)57)47(39)45(33)37)26-34-14-16-40-48-42(20-18-38(44)46(34)48)52(58)54(50(40)56)24-22-32(6)12-8-10-30(3)4/h13-20,25-32H,7-12,21-24H2,1-6H3. The van der Waals surface area contributed by atoms with Gasteiger partial charge in [-0.15, -0.1) is 0 Å². The van der Waals surface area contributed by atoms with Gasteiger partial charge in [0.2, 0.25) is 0 Å². The van der Waals surface area contributed by atoms with E-state index in [0.29, 0.717) is 59.0 Å². The Kier molecular flexibility index (Phi) is 9.73. The second kappa shape index (κ2) is 14.8. The Morgan fingerprint density at radius 2 is 0.741 bits per heavy atom. The maximum atomic E-state index is 14.0. The number of carbonyl (C=O) groups excluding carboxylic acids is 4. The summed E-state index contributed by atoms with van der Waals surface area (Å²) in [5, 5.41) is 11.6. The first kappa shape index (κ1) is 38.2. The number of carbonyl (C=O) groups is 4. The zero-order valence-electron chi connectivity index (χ0n) is 34.8. The summed E-state index contributed by atoms with van der Waals surface area (Å²) in [5.41, 5.74) is 2.38. The molecule has 7 aromatic carbocycles. The largest absolute Gasteiger partial charge is 0.274 e. The Hall–Kier alpha value is -5.36. The van der Waals surface area contributed by atoms with E-state index in [1.54, 1.807) is 0 Å². The number of amides is 4. The van der Waals surface area contributed by atoms with E-state index >= 15 is 0 Å². The molecule has 0 N–H and O–H groups in total. The van der Waals surface area contributed by atoms with Crippen molar-refractivity contribution in [3.05, 3.63) is 95.1 Å². The molecule has 4 amide bonds. The van der Waals surface area contributed by atoms with Crippen LogP contribution in [0.1, 0.15) is 134 Å². The van der Waals surface area contributed by atoms with Crippen molar-refractivity contribution in [1.82, 2.24) is 9.80 Å². The number of benzene rings is 7. The molecule has 0 saturated carbocycles. The Bertz CT molecular complexity index is 2590. The molecule has 0 fully saturated rings. The van der Waals surface area contributed by atoms with Gasteiger partial charge >= 0.3 is 0 Å². The highest BCUT2D eigenvalue weighted by Gasteiger charge is 2.35. The fourth-order valence-electron chi connectivity index (χ4n) is 10.0. The van der Waals surface area contributed by atoms with Gasteiger partial charge in [-0.05, 0) is 139 Å². The molecule has 2 heterocycles. The predicted molar refractivity (Wildman–Crippen MR) is 238 cm³/mol. The molecule has 58 heavy (non-hydrogen) atoms. The molecule has 296 valence electrons. The van der Waals surface area contributed by atoms with Gasteiger partial charge in [0.25, 0.3) is 23.6 Å². The average Bonchev–Trinajstić information content (AvgIpc) is 3.19. The Morgan fingerprint density at radius 3 is 1.10 bits per heavy atom. The summed E-state index contributed by atoms with van der Waals surface area (Å²) in [6.45, 7) is 14.3. The maximum absolute atomic E-state index is 14.0. The summed E-state index contributed by atoms with van der Waals surface area (Å²) in [6, 6.07) is 24.6. The summed E-state index contributed by atoms with van der Waals surface area (Å²) < 4.78 is 0. The second-order valence-electron chi connectivity index (χ2n) is 18.5. The first-order valence-corrected chi connectivity index (χ1v) is 21.7. The highest BCUT2D eigenvalue weighted by atomic mass is 16.2. The van der Waals surface area contributed by atoms with Crippen LogP contribution in [0.3, 0.4) is 0 Å². The fourth-order valence-corrected chi connectivity index (χ4v) is 10.0. The van der Waals surface area contributed by atoms with E-state index in [4.69, 9.17) is 0 Å². The summed E-state index contributed by atoms with van der Waals surface area (Å²) in [5.74, 6) is 1.41. The Balaban J connectivity index is 1.07. The second-order valence-corrected chi connectivity index (χ2v) is 18.5. The zero-order valence-corrected chi connectivity index (χ0v) is 34.8. The summed E-state index contributed by atoms with van der Waals surface area (Å²) in [6.07, 6.45) is 8.52. The van der Waals surface area contributed by atoms with Gasteiger partial charge in [-0.25, -0.2) is 0 Å². The summed E-state index contributed by atoms with van der Waals surface area (Å²) >= 11 is 0. The van der Waals surface area contributed by atoms with Crippen LogP contribution < -0.4 is 0 Å². The number of rotatable bonds is 14. The lowest BCUT2D eigenvalue weighted by Gasteiger charge is -2.29. The van der Waals surface area contributed by atoms with E-state index in [0.717, 1.165) is 103 Å². The van der Waals surface area contributed by atoms with Crippen LogP contribution in [0.2, 0.25) is 0 Å². The van der Waals surface area contributed by atoms with Crippen molar-refractivity contribution < 1.29 is 19.2 Å². The van der Waals surface area contributed by atoms with Crippen molar-refractivity contribution in [3.8, 4) is 0 Å². The molecule has 2 unspecified atom stereocenters. The van der Waals surface area contributed by atoms with Crippen LogP contribution in [0, 0.1) is 23.7 Å². The lowest BCUT2D eigenvalue weighted by molar-refractivity contribution is 0.0586. The van der Waals surface area contributed by atoms with Crippen LogP contribution in [-0.4, -0.2) is 46.5 Å². The number of hydrogen-bond donors (Lipinski definition) is 0. The Labute approximate surface area is 340 Å². The third kappa shape index (κ3) is 6.31. The van der Waals surface area contributed by atoms with Crippen molar-refractivity contribution in [2.45, 2.75) is 92.9 Å². The van der Waals surface area contributed by atoms with Crippen molar-refractivity contribution in [2.24, 2.45) is 23.7 Å². The molecule has 0 radical (unpaired) electrons. The number of fused-ring (bicyclic) bond motifs is 4. The minimum absolute atomic E-state index is 0.205. The first-order chi connectivity index (χ1) is 27.9. The average molecular weight is 771 g/mol. The lowest BCUT2D eigenvalue weighted by Crippen LogP contribution is -2.41. The van der Waals surface area contributed by atoms with E-state index in [-0.39, 0.29) is 23.6 Å². The van der Waals surface area contributed by atoms with E-state index in [2.05, 4.69) is 77.9 Å². The van der Waals surface area contributed by atoms with Gasteiger partial charge in [-0.1, -0.05) is 104 Å². The molecule has 0 saturated heterocycles. The van der Waals surface area contributed by atoms with Crippen molar-refractivity contribution >= 4 is 88.3 Å². The molecule has 6 heteroatoms. The van der Waals surface area contributed by atoms with Crippen LogP contribution in [0.4, 0.5) is 0 Å². The molecule has 0 spiro atoms. The molecule has 2 atom stereocenters. The van der Waals surface area contributed by atoms with Crippen molar-refractivity contribution in [2.75, 3.05) is 13.1 Å². The molecule has 0 aromatic heterocycles. The number of nitrogens with zero attached hydrogens (tertiary/aromatic N) is 2. The quantitative estimate of drug-likeness (QED) is 0.0627. The molecular weight excluding hydrogens is 717 g/mol.